The van der Waals surface area contributed by atoms with Gasteiger partial charge in [0.2, 0.25) is 0 Å². The Morgan fingerprint density at radius 2 is 1.90 bits per heavy atom. The number of rotatable bonds is 6. The molecule has 9 nitrogen and oxygen atoms in total. The molecule has 0 bridgehead atoms. The lowest BCUT2D eigenvalue weighted by atomic mass is 10.0. The lowest BCUT2D eigenvalue weighted by Crippen LogP contribution is -2.46. The molecule has 3 aromatic rings. The van der Waals surface area contributed by atoms with Crippen LogP contribution >= 0.6 is 11.3 Å². The molecule has 210 valence electrons. The van der Waals surface area contributed by atoms with Crippen molar-refractivity contribution in [3.63, 3.8) is 0 Å². The van der Waals surface area contributed by atoms with Gasteiger partial charge in [0, 0.05) is 50.6 Å². The maximum Gasteiger partial charge on any atom is 0.261 e. The number of methoxy groups -OCH3 is 1. The molecule has 2 heterocycles. The molecule has 4 rings (SSSR count). The lowest BCUT2D eigenvalue weighted by molar-refractivity contribution is 0.00921. The highest BCUT2D eigenvalue weighted by Crippen LogP contribution is 2.28. The van der Waals surface area contributed by atoms with Crippen molar-refractivity contribution in [3.8, 4) is 5.75 Å². The molecular formula is C28H36N4O5S2. The molecule has 3 atom stereocenters. The number of nitrogens with one attached hydrogen (secondary N) is 1. The van der Waals surface area contributed by atoms with Gasteiger partial charge in [-0.05, 0) is 50.1 Å². The third-order valence-corrected chi connectivity index (χ3v) is 9.14. The van der Waals surface area contributed by atoms with E-state index in [-0.39, 0.29) is 40.1 Å². The Morgan fingerprint density at radius 1 is 1.15 bits per heavy atom. The Hall–Kier alpha value is -2.99. The van der Waals surface area contributed by atoms with Gasteiger partial charge in [-0.1, -0.05) is 24.6 Å². The minimum atomic E-state index is -3.84. The quantitative estimate of drug-likeness (QED) is 0.471. The predicted octanol–water partition coefficient (Wildman–Crippen LogP) is 4.26. The number of carbonyl (C=O) groups excluding carboxylic acids is 1. The largest absolute Gasteiger partial charge is 0.491 e. The zero-order valence-corrected chi connectivity index (χ0v) is 24.6. The number of amides is 1. The van der Waals surface area contributed by atoms with Crippen molar-refractivity contribution in [2.24, 2.45) is 5.92 Å². The number of ether oxygens (including phenoxy) is 2. The van der Waals surface area contributed by atoms with Crippen LogP contribution in [0.3, 0.4) is 0 Å². The Labute approximate surface area is 234 Å². The number of anilines is 1. The molecule has 1 aliphatic rings. The molecule has 0 saturated heterocycles. The van der Waals surface area contributed by atoms with Crippen molar-refractivity contribution >= 4 is 33.0 Å². The molecule has 1 amide bonds. The van der Waals surface area contributed by atoms with Crippen LogP contribution in [0.4, 0.5) is 5.69 Å². The summed E-state index contributed by atoms with van der Waals surface area (Å²) in [5, 5.41) is 2.99. The van der Waals surface area contributed by atoms with E-state index in [1.165, 1.54) is 6.07 Å². The number of nitrogens with zero attached hydrogens (tertiary/aromatic N) is 3. The normalized spacial score (nSPS) is 21.4. The average Bonchev–Trinajstić information content (AvgIpc) is 3.42. The second-order valence-electron chi connectivity index (χ2n) is 10.1. The SMILES string of the molecule is CO[C@H]1CN(C)C(=O)c2cc(NS(=O)(=O)c3ccc(C)cc3)ccc2OC[C@@H](C)N(Cc2nccs2)C[C@@H]1C. The molecule has 0 aliphatic carbocycles. The van der Waals surface area contributed by atoms with Crippen molar-refractivity contribution in [1.29, 1.82) is 0 Å². The minimum absolute atomic E-state index is 0.0219. The van der Waals surface area contributed by atoms with E-state index in [1.54, 1.807) is 73.0 Å². The summed E-state index contributed by atoms with van der Waals surface area (Å²) in [6.07, 6.45) is 1.61. The number of hydrogen-bond donors (Lipinski definition) is 1. The molecule has 39 heavy (non-hydrogen) atoms. The van der Waals surface area contributed by atoms with Gasteiger partial charge in [-0.2, -0.15) is 0 Å². The van der Waals surface area contributed by atoms with Gasteiger partial charge in [0.25, 0.3) is 15.9 Å². The van der Waals surface area contributed by atoms with E-state index in [0.29, 0.717) is 25.4 Å². The lowest BCUT2D eigenvalue weighted by Gasteiger charge is -2.35. The first-order chi connectivity index (χ1) is 18.6. The van der Waals surface area contributed by atoms with Gasteiger partial charge in [-0.15, -0.1) is 11.3 Å². The van der Waals surface area contributed by atoms with E-state index in [9.17, 15) is 13.2 Å². The average molecular weight is 573 g/mol. The summed E-state index contributed by atoms with van der Waals surface area (Å²) in [6, 6.07) is 11.4. The second kappa shape index (κ2) is 12.5. The number of fused-ring (bicyclic) bond motifs is 1. The first kappa shape index (κ1) is 29.0. The van der Waals surface area contributed by atoms with Crippen LogP contribution in [-0.2, 0) is 21.3 Å². The first-order valence-corrected chi connectivity index (χ1v) is 15.2. The zero-order valence-electron chi connectivity index (χ0n) is 23.0. The molecule has 1 aliphatic heterocycles. The number of carbonyl (C=O) groups is 1. The molecule has 1 aromatic heterocycles. The maximum absolute atomic E-state index is 13.6. The van der Waals surface area contributed by atoms with E-state index in [4.69, 9.17) is 9.47 Å². The summed E-state index contributed by atoms with van der Waals surface area (Å²) < 4.78 is 40.6. The fraction of sp³-hybridized carbons (Fsp3) is 0.429. The van der Waals surface area contributed by atoms with Crippen LogP contribution in [0.25, 0.3) is 0 Å². The number of thiazole rings is 1. The minimum Gasteiger partial charge on any atom is -0.491 e. The monoisotopic (exact) mass is 572 g/mol. The highest BCUT2D eigenvalue weighted by molar-refractivity contribution is 7.92. The van der Waals surface area contributed by atoms with Gasteiger partial charge in [0.15, 0.2) is 0 Å². The molecule has 1 N–H and O–H groups in total. The van der Waals surface area contributed by atoms with Gasteiger partial charge in [0.1, 0.15) is 17.4 Å². The Kier molecular flexibility index (Phi) is 9.27. The molecular weight excluding hydrogens is 536 g/mol. The molecule has 0 radical (unpaired) electrons. The van der Waals surface area contributed by atoms with Crippen LogP contribution in [0.5, 0.6) is 5.75 Å². The summed E-state index contributed by atoms with van der Waals surface area (Å²) in [5.41, 5.74) is 1.52. The highest BCUT2D eigenvalue weighted by atomic mass is 32.2. The third kappa shape index (κ3) is 7.16. The molecule has 11 heteroatoms. The van der Waals surface area contributed by atoms with Crippen molar-refractivity contribution < 1.29 is 22.7 Å². The Bertz CT molecular complexity index is 1360. The third-order valence-electron chi connectivity index (χ3n) is 6.98. The molecule has 2 aromatic carbocycles. The maximum atomic E-state index is 13.6. The standard InChI is InChI=1S/C28H36N4O5S2/c1-19-6-9-23(10-7-19)39(34,35)30-22-8-11-25-24(14-22)28(33)31(4)16-26(36-5)20(2)15-32(21(3)18-37-25)17-27-29-12-13-38-27/h6-14,20-21,26,30H,15-18H2,1-5H3/t20-,21+,26-/m0/s1. The molecule has 0 unspecified atom stereocenters. The topological polar surface area (TPSA) is 101 Å². The van der Waals surface area contributed by atoms with Gasteiger partial charge in [-0.25, -0.2) is 13.4 Å². The van der Waals surface area contributed by atoms with Crippen molar-refractivity contribution in [1.82, 2.24) is 14.8 Å². The zero-order chi connectivity index (χ0) is 28.2. The fourth-order valence-electron chi connectivity index (χ4n) is 4.57. The van der Waals surface area contributed by atoms with Crippen LogP contribution in [0.15, 0.2) is 58.9 Å². The summed E-state index contributed by atoms with van der Waals surface area (Å²) in [5.74, 6) is 0.247. The number of aryl methyl sites for hydroxylation is 1. The predicted molar refractivity (Wildman–Crippen MR) is 153 cm³/mol. The van der Waals surface area contributed by atoms with Crippen LogP contribution in [0.2, 0.25) is 0 Å². The Balaban J connectivity index is 1.65. The molecule has 0 fully saturated rings. The van der Waals surface area contributed by atoms with Crippen LogP contribution in [-0.4, -0.2) is 75.1 Å². The number of sulfonamides is 1. The number of hydrogen-bond acceptors (Lipinski definition) is 8. The second-order valence-corrected chi connectivity index (χ2v) is 12.7. The summed E-state index contributed by atoms with van der Waals surface area (Å²) >= 11 is 1.62. The van der Waals surface area contributed by atoms with Crippen LogP contribution in [0, 0.1) is 12.8 Å². The fourth-order valence-corrected chi connectivity index (χ4v) is 6.26. The number of aromatic nitrogens is 1. The highest BCUT2D eigenvalue weighted by Gasteiger charge is 2.29. The van der Waals surface area contributed by atoms with Crippen LogP contribution < -0.4 is 9.46 Å². The first-order valence-electron chi connectivity index (χ1n) is 12.8. The summed E-state index contributed by atoms with van der Waals surface area (Å²) in [7, 11) is -0.456. The van der Waals surface area contributed by atoms with Crippen molar-refractivity contribution in [3.05, 3.63) is 70.2 Å². The number of benzene rings is 2. The van der Waals surface area contributed by atoms with E-state index in [1.807, 2.05) is 12.3 Å². The van der Waals surface area contributed by atoms with E-state index in [0.717, 1.165) is 17.1 Å². The van der Waals surface area contributed by atoms with Crippen molar-refractivity contribution in [2.75, 3.05) is 38.6 Å². The Morgan fingerprint density at radius 3 is 2.56 bits per heavy atom. The van der Waals surface area contributed by atoms with E-state index >= 15 is 0 Å². The van der Waals surface area contributed by atoms with Gasteiger partial charge in [-0.3, -0.25) is 14.4 Å². The smallest absolute Gasteiger partial charge is 0.261 e. The van der Waals surface area contributed by atoms with Crippen LogP contribution in [0.1, 0.15) is 34.8 Å². The summed E-state index contributed by atoms with van der Waals surface area (Å²) in [6.45, 7) is 8.24. The van der Waals surface area contributed by atoms with E-state index in [2.05, 4.69) is 28.5 Å². The van der Waals surface area contributed by atoms with Gasteiger partial charge >= 0.3 is 0 Å². The van der Waals surface area contributed by atoms with Gasteiger partial charge in [0.05, 0.1) is 23.1 Å². The van der Waals surface area contributed by atoms with E-state index < -0.39 is 10.0 Å². The number of likely N-dealkylation sites (N-methyl/N-ethyl adjacent to an activating group) is 1. The molecule has 0 saturated carbocycles. The summed E-state index contributed by atoms with van der Waals surface area (Å²) in [4.78, 5) is 22.1. The molecule has 0 spiro atoms. The van der Waals surface area contributed by atoms with Gasteiger partial charge < -0.3 is 14.4 Å². The van der Waals surface area contributed by atoms with Crippen molar-refractivity contribution in [2.45, 2.75) is 44.4 Å².